The van der Waals surface area contributed by atoms with E-state index in [1.165, 1.54) is 19.3 Å². The van der Waals surface area contributed by atoms with E-state index in [1.54, 1.807) is 39.0 Å². The number of benzene rings is 1. The standard InChI is InChI=1S/C20H30N2O3S.ClH/c1-20(2,3)26(24,25)13-14-7-6-9-16(11-14)21-19(23)18-12-15-8-4-5-10-17(15)22-18;/h6-7,9,11,15,17-18,22H,4-5,8,10,12-13H2,1-3H3,(H,21,23);1H. The smallest absolute Gasteiger partial charge is 0.241 e. The largest absolute Gasteiger partial charge is 0.325 e. The lowest BCUT2D eigenvalue weighted by Crippen LogP contribution is -2.39. The fourth-order valence-electron chi connectivity index (χ4n) is 3.93. The molecular formula is C20H31ClN2O3S. The molecule has 0 aromatic heterocycles. The summed E-state index contributed by atoms with van der Waals surface area (Å²) in [5.41, 5.74) is 1.36. The Bertz CT molecular complexity index is 760. The molecule has 1 saturated carbocycles. The Morgan fingerprint density at radius 1 is 1.22 bits per heavy atom. The molecule has 0 spiro atoms. The van der Waals surface area contributed by atoms with Gasteiger partial charge in [-0.2, -0.15) is 0 Å². The number of anilines is 1. The Morgan fingerprint density at radius 3 is 2.59 bits per heavy atom. The highest BCUT2D eigenvalue weighted by Crippen LogP contribution is 2.33. The molecule has 1 aromatic rings. The van der Waals surface area contributed by atoms with Gasteiger partial charge in [-0.05, 0) is 63.6 Å². The Labute approximate surface area is 169 Å². The van der Waals surface area contributed by atoms with Crippen LogP contribution >= 0.6 is 12.4 Å². The molecule has 7 heteroatoms. The van der Waals surface area contributed by atoms with Crippen molar-refractivity contribution in [2.75, 3.05) is 5.32 Å². The molecule has 3 rings (SSSR count). The van der Waals surface area contributed by atoms with Gasteiger partial charge in [-0.1, -0.05) is 25.0 Å². The van der Waals surface area contributed by atoms with Crippen molar-refractivity contribution in [3.63, 3.8) is 0 Å². The van der Waals surface area contributed by atoms with Crippen molar-refractivity contribution in [1.29, 1.82) is 0 Å². The molecule has 5 nitrogen and oxygen atoms in total. The number of carbonyl (C=O) groups is 1. The third kappa shape index (κ3) is 5.24. The van der Waals surface area contributed by atoms with Gasteiger partial charge in [0.25, 0.3) is 0 Å². The molecule has 3 unspecified atom stereocenters. The summed E-state index contributed by atoms with van der Waals surface area (Å²) in [6.45, 7) is 5.12. The Balaban J connectivity index is 0.00000261. The van der Waals surface area contributed by atoms with Crippen molar-refractivity contribution >= 4 is 33.8 Å². The van der Waals surface area contributed by atoms with Crippen LogP contribution in [0.2, 0.25) is 0 Å². The fourth-order valence-corrected chi connectivity index (χ4v) is 4.98. The minimum absolute atomic E-state index is 0. The van der Waals surface area contributed by atoms with Gasteiger partial charge < -0.3 is 10.6 Å². The van der Waals surface area contributed by atoms with E-state index in [0.29, 0.717) is 23.2 Å². The minimum Gasteiger partial charge on any atom is -0.325 e. The van der Waals surface area contributed by atoms with Crippen molar-refractivity contribution in [3.05, 3.63) is 29.8 Å². The van der Waals surface area contributed by atoms with Crippen molar-refractivity contribution in [2.24, 2.45) is 5.92 Å². The average Bonchev–Trinajstić information content (AvgIpc) is 2.98. The molecule has 0 bridgehead atoms. The summed E-state index contributed by atoms with van der Waals surface area (Å²) in [6, 6.07) is 7.50. The van der Waals surface area contributed by atoms with Gasteiger partial charge in [0.15, 0.2) is 9.84 Å². The van der Waals surface area contributed by atoms with Crippen LogP contribution in [-0.2, 0) is 20.4 Å². The predicted molar refractivity (Wildman–Crippen MR) is 112 cm³/mol. The zero-order chi connectivity index (χ0) is 18.9. The Kier molecular flexibility index (Phi) is 6.98. The molecule has 3 atom stereocenters. The monoisotopic (exact) mass is 414 g/mol. The van der Waals surface area contributed by atoms with E-state index in [0.717, 1.165) is 12.8 Å². The molecule has 1 amide bonds. The van der Waals surface area contributed by atoms with Crippen molar-refractivity contribution in [1.82, 2.24) is 5.32 Å². The van der Waals surface area contributed by atoms with Crippen LogP contribution in [0.4, 0.5) is 5.69 Å². The first-order chi connectivity index (χ1) is 12.2. The number of rotatable bonds is 4. The fraction of sp³-hybridized carbons (Fsp3) is 0.650. The maximum atomic E-state index is 12.6. The van der Waals surface area contributed by atoms with Crippen molar-refractivity contribution in [2.45, 2.75) is 75.5 Å². The number of sulfone groups is 1. The topological polar surface area (TPSA) is 75.3 Å². The van der Waals surface area contributed by atoms with Gasteiger partial charge in [-0.25, -0.2) is 8.42 Å². The second kappa shape index (κ2) is 8.50. The van der Waals surface area contributed by atoms with E-state index in [9.17, 15) is 13.2 Å². The van der Waals surface area contributed by atoms with Crippen molar-refractivity contribution < 1.29 is 13.2 Å². The van der Waals surface area contributed by atoms with E-state index in [2.05, 4.69) is 10.6 Å². The summed E-state index contributed by atoms with van der Waals surface area (Å²) < 4.78 is 24.0. The summed E-state index contributed by atoms with van der Waals surface area (Å²) in [4.78, 5) is 12.6. The molecule has 152 valence electrons. The van der Waals surface area contributed by atoms with Crippen LogP contribution in [0.15, 0.2) is 24.3 Å². The molecule has 2 aliphatic rings. The van der Waals surface area contributed by atoms with Crippen LogP contribution in [0.5, 0.6) is 0 Å². The molecule has 2 fully saturated rings. The Hall–Kier alpha value is -1.11. The van der Waals surface area contributed by atoms with E-state index in [4.69, 9.17) is 0 Å². The molecule has 1 heterocycles. The zero-order valence-corrected chi connectivity index (χ0v) is 18.0. The second-order valence-electron chi connectivity index (χ2n) is 8.67. The SMILES string of the molecule is CC(C)(C)S(=O)(=O)Cc1cccc(NC(=O)C2CC3CCCCC3N2)c1.Cl. The molecule has 1 aromatic carbocycles. The van der Waals surface area contributed by atoms with Gasteiger partial charge in [0.2, 0.25) is 5.91 Å². The lowest BCUT2D eigenvalue weighted by Gasteiger charge is -2.24. The summed E-state index contributed by atoms with van der Waals surface area (Å²) in [6.07, 6.45) is 5.78. The first-order valence-corrected chi connectivity index (χ1v) is 11.2. The Morgan fingerprint density at radius 2 is 1.93 bits per heavy atom. The van der Waals surface area contributed by atoms with Crippen LogP contribution < -0.4 is 10.6 Å². The van der Waals surface area contributed by atoms with E-state index in [1.807, 2.05) is 6.07 Å². The highest BCUT2D eigenvalue weighted by Gasteiger charge is 2.38. The quantitative estimate of drug-likeness (QED) is 0.787. The lowest BCUT2D eigenvalue weighted by atomic mass is 9.85. The third-order valence-electron chi connectivity index (χ3n) is 5.66. The lowest BCUT2D eigenvalue weighted by molar-refractivity contribution is -0.117. The van der Waals surface area contributed by atoms with Gasteiger partial charge in [-0.3, -0.25) is 4.79 Å². The van der Waals surface area contributed by atoms with Crippen LogP contribution in [0.25, 0.3) is 0 Å². The maximum absolute atomic E-state index is 12.6. The summed E-state index contributed by atoms with van der Waals surface area (Å²) in [5.74, 6) is 0.574. The van der Waals surface area contributed by atoms with Gasteiger partial charge >= 0.3 is 0 Å². The summed E-state index contributed by atoms with van der Waals surface area (Å²) in [7, 11) is -3.25. The predicted octanol–water partition coefficient (Wildman–Crippen LogP) is 3.68. The van der Waals surface area contributed by atoms with Crippen LogP contribution in [0.1, 0.15) is 58.4 Å². The third-order valence-corrected chi connectivity index (χ3v) is 8.24. The summed E-state index contributed by atoms with van der Waals surface area (Å²) >= 11 is 0. The molecule has 1 aliphatic carbocycles. The van der Waals surface area contributed by atoms with Gasteiger partial charge in [-0.15, -0.1) is 12.4 Å². The first-order valence-electron chi connectivity index (χ1n) is 9.54. The van der Waals surface area contributed by atoms with Gasteiger partial charge in [0.05, 0.1) is 16.5 Å². The van der Waals surface area contributed by atoms with E-state index >= 15 is 0 Å². The maximum Gasteiger partial charge on any atom is 0.241 e. The first kappa shape index (κ1) is 22.2. The van der Waals surface area contributed by atoms with Crippen LogP contribution in [0, 0.1) is 5.92 Å². The number of hydrogen-bond acceptors (Lipinski definition) is 4. The molecular weight excluding hydrogens is 384 g/mol. The minimum atomic E-state index is -3.25. The van der Waals surface area contributed by atoms with E-state index < -0.39 is 14.6 Å². The number of hydrogen-bond donors (Lipinski definition) is 2. The second-order valence-corrected chi connectivity index (χ2v) is 11.4. The zero-order valence-electron chi connectivity index (χ0n) is 16.3. The van der Waals surface area contributed by atoms with Gasteiger partial charge in [0, 0.05) is 11.7 Å². The molecule has 0 radical (unpaired) electrons. The molecule has 1 saturated heterocycles. The highest BCUT2D eigenvalue weighted by atomic mass is 35.5. The van der Waals surface area contributed by atoms with Crippen LogP contribution in [0.3, 0.4) is 0 Å². The normalized spacial score (nSPS) is 25.4. The average molecular weight is 415 g/mol. The molecule has 27 heavy (non-hydrogen) atoms. The molecule has 1 aliphatic heterocycles. The van der Waals surface area contributed by atoms with E-state index in [-0.39, 0.29) is 30.1 Å². The number of amides is 1. The number of carbonyl (C=O) groups excluding carboxylic acids is 1. The summed E-state index contributed by atoms with van der Waals surface area (Å²) in [5, 5.41) is 6.44. The van der Waals surface area contributed by atoms with Gasteiger partial charge in [0.1, 0.15) is 0 Å². The number of halogens is 1. The van der Waals surface area contributed by atoms with Crippen molar-refractivity contribution in [3.8, 4) is 0 Å². The highest BCUT2D eigenvalue weighted by molar-refractivity contribution is 7.91. The number of nitrogens with one attached hydrogen (secondary N) is 2. The number of fused-ring (bicyclic) bond motifs is 1. The molecule has 2 N–H and O–H groups in total. The van der Waals surface area contributed by atoms with Crippen LogP contribution in [-0.4, -0.2) is 31.2 Å².